The number of aliphatic hydroxyl groups is 1. The van der Waals surface area contributed by atoms with E-state index in [0.29, 0.717) is 19.6 Å². The number of hydrogen-bond donors (Lipinski definition) is 1. The van der Waals surface area contributed by atoms with Gasteiger partial charge in [0.1, 0.15) is 5.01 Å². The molecule has 1 aliphatic heterocycles. The Morgan fingerprint density at radius 2 is 2.16 bits per heavy atom. The average molecular weight is 358 g/mol. The molecule has 0 bridgehead atoms. The molecule has 1 aromatic carbocycles. The summed E-state index contributed by atoms with van der Waals surface area (Å²) in [5.74, 6) is 0.356. The third-order valence-corrected chi connectivity index (χ3v) is 6.06. The van der Waals surface area contributed by atoms with Gasteiger partial charge in [0.05, 0.1) is 30.9 Å². The van der Waals surface area contributed by atoms with Gasteiger partial charge in [0.15, 0.2) is 0 Å². The van der Waals surface area contributed by atoms with Crippen LogP contribution >= 0.6 is 11.3 Å². The zero-order valence-corrected chi connectivity index (χ0v) is 14.8. The van der Waals surface area contributed by atoms with Crippen LogP contribution in [0.2, 0.25) is 0 Å². The number of amides is 1. The SMILES string of the molecule is O=C(Cc1csc(-c2ccccc2)n1)N1CCOC2C[C@H](CO)C[C@@H]21. The second-order valence-electron chi connectivity index (χ2n) is 6.77. The molecule has 1 aliphatic carbocycles. The lowest BCUT2D eigenvalue weighted by molar-refractivity contribution is -0.143. The van der Waals surface area contributed by atoms with Crippen LogP contribution in [-0.2, 0) is 16.0 Å². The van der Waals surface area contributed by atoms with Crippen LogP contribution < -0.4 is 0 Å². The van der Waals surface area contributed by atoms with Crippen molar-refractivity contribution in [3.8, 4) is 10.6 Å². The lowest BCUT2D eigenvalue weighted by Crippen LogP contribution is -2.51. The molecule has 2 fully saturated rings. The van der Waals surface area contributed by atoms with Crippen molar-refractivity contribution in [3.63, 3.8) is 0 Å². The standard InChI is InChI=1S/C19H22N2O3S/c22-11-13-8-16-17(9-13)24-7-6-21(16)18(23)10-15-12-25-19(20-15)14-4-2-1-3-5-14/h1-5,12-13,16-17,22H,6-11H2/t13-,16+,17?/m1/s1. The minimum absolute atomic E-state index is 0.0742. The molecule has 1 aromatic heterocycles. The second kappa shape index (κ2) is 7.23. The summed E-state index contributed by atoms with van der Waals surface area (Å²) in [5, 5.41) is 12.3. The van der Waals surface area contributed by atoms with E-state index < -0.39 is 0 Å². The van der Waals surface area contributed by atoms with Crippen LogP contribution in [0.15, 0.2) is 35.7 Å². The monoisotopic (exact) mass is 358 g/mol. The molecule has 2 aromatic rings. The Hall–Kier alpha value is -1.76. The van der Waals surface area contributed by atoms with Crippen molar-refractivity contribution in [1.82, 2.24) is 9.88 Å². The highest BCUT2D eigenvalue weighted by molar-refractivity contribution is 7.13. The molecule has 1 saturated carbocycles. The topological polar surface area (TPSA) is 62.7 Å². The maximum Gasteiger partial charge on any atom is 0.229 e. The van der Waals surface area contributed by atoms with Crippen molar-refractivity contribution in [1.29, 1.82) is 0 Å². The summed E-state index contributed by atoms with van der Waals surface area (Å²) >= 11 is 1.58. The molecule has 2 heterocycles. The summed E-state index contributed by atoms with van der Waals surface area (Å²) < 4.78 is 5.81. The Bertz CT molecular complexity index is 733. The lowest BCUT2D eigenvalue weighted by Gasteiger charge is -2.37. The number of rotatable bonds is 4. The van der Waals surface area contributed by atoms with Crippen molar-refractivity contribution < 1.29 is 14.6 Å². The number of ether oxygens (including phenoxy) is 1. The first-order valence-electron chi connectivity index (χ1n) is 8.76. The molecule has 4 rings (SSSR count). The first-order valence-corrected chi connectivity index (χ1v) is 9.64. The maximum absolute atomic E-state index is 12.8. The number of morpholine rings is 1. The molecular formula is C19H22N2O3S. The highest BCUT2D eigenvalue weighted by atomic mass is 32.1. The van der Waals surface area contributed by atoms with Gasteiger partial charge < -0.3 is 14.7 Å². The number of aromatic nitrogens is 1. The Morgan fingerprint density at radius 3 is 2.96 bits per heavy atom. The van der Waals surface area contributed by atoms with Gasteiger partial charge in [-0.05, 0) is 18.8 Å². The normalized spacial score (nSPS) is 25.8. The molecule has 5 nitrogen and oxygen atoms in total. The van der Waals surface area contributed by atoms with Gasteiger partial charge in [0.25, 0.3) is 0 Å². The molecule has 1 N–H and O–H groups in total. The second-order valence-corrected chi connectivity index (χ2v) is 7.63. The highest BCUT2D eigenvalue weighted by Gasteiger charge is 2.42. The number of carbonyl (C=O) groups excluding carboxylic acids is 1. The zero-order valence-electron chi connectivity index (χ0n) is 14.0. The van der Waals surface area contributed by atoms with Crippen LogP contribution in [0.25, 0.3) is 10.6 Å². The number of thiazole rings is 1. The zero-order chi connectivity index (χ0) is 17.2. The van der Waals surface area contributed by atoms with E-state index in [1.165, 1.54) is 0 Å². The summed E-state index contributed by atoms with van der Waals surface area (Å²) in [7, 11) is 0. The van der Waals surface area contributed by atoms with E-state index in [4.69, 9.17) is 4.74 Å². The fraction of sp³-hybridized carbons (Fsp3) is 0.474. The van der Waals surface area contributed by atoms with Gasteiger partial charge in [-0.25, -0.2) is 4.98 Å². The van der Waals surface area contributed by atoms with Crippen LogP contribution in [0.5, 0.6) is 0 Å². The fourth-order valence-corrected chi connectivity index (χ4v) is 4.69. The van der Waals surface area contributed by atoms with Crippen LogP contribution in [0.3, 0.4) is 0 Å². The van der Waals surface area contributed by atoms with E-state index in [1.807, 2.05) is 40.6 Å². The molecule has 132 valence electrons. The summed E-state index contributed by atoms with van der Waals surface area (Å²) in [6, 6.07) is 10.1. The maximum atomic E-state index is 12.8. The van der Waals surface area contributed by atoms with E-state index in [1.54, 1.807) is 11.3 Å². The molecule has 6 heteroatoms. The third-order valence-electron chi connectivity index (χ3n) is 5.12. The lowest BCUT2D eigenvalue weighted by atomic mass is 10.1. The first kappa shape index (κ1) is 16.7. The van der Waals surface area contributed by atoms with Crippen molar-refractivity contribution in [2.45, 2.75) is 31.4 Å². The van der Waals surface area contributed by atoms with Gasteiger partial charge in [-0.1, -0.05) is 30.3 Å². The number of nitrogens with zero attached hydrogens (tertiary/aromatic N) is 2. The van der Waals surface area contributed by atoms with E-state index in [-0.39, 0.29) is 30.6 Å². The summed E-state index contributed by atoms with van der Waals surface area (Å²) in [4.78, 5) is 19.4. The third kappa shape index (κ3) is 3.47. The van der Waals surface area contributed by atoms with Crippen molar-refractivity contribution in [3.05, 3.63) is 41.4 Å². The predicted molar refractivity (Wildman–Crippen MR) is 96.3 cm³/mol. The predicted octanol–water partition coefficient (Wildman–Crippen LogP) is 2.35. The van der Waals surface area contributed by atoms with Gasteiger partial charge in [0.2, 0.25) is 5.91 Å². The summed E-state index contributed by atoms with van der Waals surface area (Å²) in [6.45, 7) is 1.39. The number of hydrogen-bond acceptors (Lipinski definition) is 5. The van der Waals surface area contributed by atoms with Gasteiger partial charge in [-0.2, -0.15) is 0 Å². The van der Waals surface area contributed by atoms with E-state index in [9.17, 15) is 9.90 Å². The van der Waals surface area contributed by atoms with Gasteiger partial charge in [-0.15, -0.1) is 11.3 Å². The minimum atomic E-state index is 0.0742. The molecule has 1 saturated heterocycles. The van der Waals surface area contributed by atoms with Crippen LogP contribution in [0.4, 0.5) is 0 Å². The van der Waals surface area contributed by atoms with E-state index in [2.05, 4.69) is 4.98 Å². The van der Waals surface area contributed by atoms with E-state index in [0.717, 1.165) is 29.1 Å². The first-order chi connectivity index (χ1) is 12.2. The largest absolute Gasteiger partial charge is 0.396 e. The number of fused-ring (bicyclic) bond motifs is 1. The molecule has 0 radical (unpaired) electrons. The number of carbonyl (C=O) groups is 1. The molecule has 0 spiro atoms. The quantitative estimate of drug-likeness (QED) is 0.911. The van der Waals surface area contributed by atoms with Crippen LogP contribution in [-0.4, -0.2) is 52.8 Å². The van der Waals surface area contributed by atoms with Crippen molar-refractivity contribution >= 4 is 17.2 Å². The van der Waals surface area contributed by atoms with Crippen LogP contribution in [0, 0.1) is 5.92 Å². The Labute approximate surface area is 151 Å². The Morgan fingerprint density at radius 1 is 1.32 bits per heavy atom. The van der Waals surface area contributed by atoms with Crippen molar-refractivity contribution in [2.24, 2.45) is 5.92 Å². The minimum Gasteiger partial charge on any atom is -0.396 e. The molecule has 1 amide bonds. The Kier molecular flexibility index (Phi) is 4.83. The highest BCUT2D eigenvalue weighted by Crippen LogP contribution is 2.34. The summed E-state index contributed by atoms with van der Waals surface area (Å²) in [5.41, 5.74) is 1.91. The Balaban J connectivity index is 1.44. The van der Waals surface area contributed by atoms with Gasteiger partial charge in [0, 0.05) is 24.1 Å². The summed E-state index contributed by atoms with van der Waals surface area (Å²) in [6.07, 6.45) is 2.08. The van der Waals surface area contributed by atoms with Gasteiger partial charge >= 0.3 is 0 Å². The van der Waals surface area contributed by atoms with Crippen LogP contribution in [0.1, 0.15) is 18.5 Å². The smallest absolute Gasteiger partial charge is 0.229 e. The van der Waals surface area contributed by atoms with Gasteiger partial charge in [-0.3, -0.25) is 4.79 Å². The fourth-order valence-electron chi connectivity index (χ4n) is 3.87. The average Bonchev–Trinajstić information content (AvgIpc) is 3.28. The molecule has 2 aliphatic rings. The number of aliphatic hydroxyl groups excluding tert-OH is 1. The van der Waals surface area contributed by atoms with Crippen molar-refractivity contribution in [2.75, 3.05) is 19.8 Å². The molecule has 3 atom stereocenters. The van der Waals surface area contributed by atoms with E-state index >= 15 is 0 Å². The number of benzene rings is 1. The molecule has 25 heavy (non-hydrogen) atoms. The molecule has 1 unspecified atom stereocenters. The molecular weight excluding hydrogens is 336 g/mol.